The van der Waals surface area contributed by atoms with E-state index in [9.17, 15) is 4.79 Å². The zero-order valence-corrected chi connectivity index (χ0v) is 18.6. The van der Waals surface area contributed by atoms with Gasteiger partial charge in [-0.3, -0.25) is 9.69 Å². The molecular weight excluding hydrogens is 418 g/mol. The Morgan fingerprint density at radius 2 is 1.97 bits per heavy atom. The number of halogens is 1. The van der Waals surface area contributed by atoms with Crippen molar-refractivity contribution in [1.82, 2.24) is 25.0 Å². The van der Waals surface area contributed by atoms with Crippen LogP contribution in [-0.4, -0.2) is 58.4 Å². The van der Waals surface area contributed by atoms with Gasteiger partial charge in [0, 0.05) is 25.3 Å². The lowest BCUT2D eigenvalue weighted by atomic mass is 10.1. The summed E-state index contributed by atoms with van der Waals surface area (Å²) in [5, 5.41) is 7.71. The van der Waals surface area contributed by atoms with Crippen LogP contribution in [0, 0.1) is 20.8 Å². The number of hydrogen-bond donors (Lipinski definition) is 1. The minimum atomic E-state index is -0.338. The van der Waals surface area contributed by atoms with Crippen molar-refractivity contribution in [3.05, 3.63) is 64.0 Å². The van der Waals surface area contributed by atoms with E-state index in [4.69, 9.17) is 20.8 Å². The first-order chi connectivity index (χ1) is 14.9. The number of aromatic nitrogens is 3. The first kappa shape index (κ1) is 21.5. The van der Waals surface area contributed by atoms with Gasteiger partial charge in [-0.05, 0) is 51.1 Å². The third-order valence-corrected chi connectivity index (χ3v) is 5.61. The standard InChI is InChI=1S/C22H26ClN5O3/c1-14-12-15(2)28(26-14)20-7-5-17(23)21(25-20)22(29)24-13-18(19-6-4-16(3)31-19)27-8-10-30-11-9-27/h4-7,12,18H,8-11,13H2,1-3H3,(H,24,29). The van der Waals surface area contributed by atoms with Gasteiger partial charge in [-0.25, -0.2) is 9.67 Å². The normalized spacial score (nSPS) is 15.7. The van der Waals surface area contributed by atoms with Crippen LogP contribution in [0.5, 0.6) is 0 Å². The van der Waals surface area contributed by atoms with E-state index in [1.165, 1.54) is 0 Å². The molecule has 0 radical (unpaired) electrons. The molecule has 1 aliphatic rings. The Hall–Kier alpha value is -2.68. The summed E-state index contributed by atoms with van der Waals surface area (Å²) >= 11 is 6.31. The van der Waals surface area contributed by atoms with Crippen molar-refractivity contribution in [2.75, 3.05) is 32.8 Å². The van der Waals surface area contributed by atoms with Crippen molar-refractivity contribution < 1.29 is 13.9 Å². The fourth-order valence-electron chi connectivity index (χ4n) is 3.77. The molecule has 1 N–H and O–H groups in total. The number of pyridine rings is 1. The number of ether oxygens (including phenoxy) is 1. The van der Waals surface area contributed by atoms with Gasteiger partial charge in [0.25, 0.3) is 5.91 Å². The lowest BCUT2D eigenvalue weighted by molar-refractivity contribution is 0.0117. The van der Waals surface area contributed by atoms with Crippen molar-refractivity contribution in [1.29, 1.82) is 0 Å². The number of rotatable bonds is 6. The third kappa shape index (κ3) is 4.81. The maximum absolute atomic E-state index is 13.0. The summed E-state index contributed by atoms with van der Waals surface area (Å²) in [5.74, 6) is 1.86. The molecule has 3 aromatic heterocycles. The highest BCUT2D eigenvalue weighted by Gasteiger charge is 2.26. The van der Waals surface area contributed by atoms with Gasteiger partial charge in [-0.2, -0.15) is 5.10 Å². The molecule has 1 unspecified atom stereocenters. The molecule has 0 bridgehead atoms. The smallest absolute Gasteiger partial charge is 0.271 e. The summed E-state index contributed by atoms with van der Waals surface area (Å²) in [5.41, 5.74) is 1.98. The van der Waals surface area contributed by atoms with E-state index in [1.54, 1.807) is 16.8 Å². The maximum Gasteiger partial charge on any atom is 0.271 e. The fraction of sp³-hybridized carbons (Fsp3) is 0.409. The summed E-state index contributed by atoms with van der Waals surface area (Å²) in [6.07, 6.45) is 0. The van der Waals surface area contributed by atoms with Crippen LogP contribution in [0.2, 0.25) is 5.02 Å². The number of carbonyl (C=O) groups is 1. The molecule has 0 saturated carbocycles. The maximum atomic E-state index is 13.0. The summed E-state index contributed by atoms with van der Waals surface area (Å²) < 4.78 is 13.0. The molecule has 1 atom stereocenters. The molecule has 8 nitrogen and oxygen atoms in total. The van der Waals surface area contributed by atoms with Crippen molar-refractivity contribution >= 4 is 17.5 Å². The van der Waals surface area contributed by atoms with Crippen LogP contribution in [0.1, 0.15) is 39.4 Å². The Kier molecular flexibility index (Phi) is 6.41. The van der Waals surface area contributed by atoms with E-state index in [1.807, 2.05) is 39.0 Å². The molecule has 0 aromatic carbocycles. The molecule has 4 rings (SSSR count). The van der Waals surface area contributed by atoms with Crippen LogP contribution in [0.15, 0.2) is 34.7 Å². The highest BCUT2D eigenvalue weighted by Crippen LogP contribution is 2.24. The van der Waals surface area contributed by atoms with Crippen LogP contribution < -0.4 is 5.32 Å². The second-order valence-corrected chi connectivity index (χ2v) is 8.07. The Bertz CT molecular complexity index is 1070. The van der Waals surface area contributed by atoms with Crippen LogP contribution in [0.3, 0.4) is 0 Å². The van der Waals surface area contributed by atoms with E-state index in [0.717, 1.165) is 36.0 Å². The Morgan fingerprint density at radius 3 is 2.61 bits per heavy atom. The first-order valence-corrected chi connectivity index (χ1v) is 10.7. The van der Waals surface area contributed by atoms with Gasteiger partial charge in [-0.1, -0.05) is 11.6 Å². The van der Waals surface area contributed by atoms with Crippen LogP contribution in [-0.2, 0) is 4.74 Å². The topological polar surface area (TPSA) is 85.4 Å². The number of amides is 1. The lowest BCUT2D eigenvalue weighted by Crippen LogP contribution is -2.43. The second-order valence-electron chi connectivity index (χ2n) is 7.66. The molecule has 1 fully saturated rings. The average Bonchev–Trinajstić information content (AvgIpc) is 3.33. The largest absolute Gasteiger partial charge is 0.465 e. The van der Waals surface area contributed by atoms with Gasteiger partial charge >= 0.3 is 0 Å². The van der Waals surface area contributed by atoms with Gasteiger partial charge in [0.1, 0.15) is 17.2 Å². The van der Waals surface area contributed by atoms with Crippen LogP contribution in [0.25, 0.3) is 5.82 Å². The molecule has 164 valence electrons. The van der Waals surface area contributed by atoms with Gasteiger partial charge in [0.05, 0.1) is 30.0 Å². The Labute approximate surface area is 186 Å². The van der Waals surface area contributed by atoms with Gasteiger partial charge in [0.2, 0.25) is 0 Å². The van der Waals surface area contributed by atoms with E-state index in [2.05, 4.69) is 20.3 Å². The number of carbonyl (C=O) groups excluding carboxylic acids is 1. The molecule has 31 heavy (non-hydrogen) atoms. The summed E-state index contributed by atoms with van der Waals surface area (Å²) in [6, 6.07) is 9.16. The SMILES string of the molecule is Cc1cc(C)n(-c2ccc(Cl)c(C(=O)NCC(c3ccc(C)o3)N3CCOCC3)n2)n1. The number of morpholine rings is 1. The number of hydrogen-bond acceptors (Lipinski definition) is 6. The van der Waals surface area contributed by atoms with Crippen LogP contribution >= 0.6 is 11.6 Å². The minimum absolute atomic E-state index is 0.0977. The Morgan fingerprint density at radius 1 is 1.19 bits per heavy atom. The minimum Gasteiger partial charge on any atom is -0.465 e. The highest BCUT2D eigenvalue weighted by molar-refractivity contribution is 6.33. The zero-order chi connectivity index (χ0) is 22.0. The molecule has 0 aliphatic carbocycles. The Balaban J connectivity index is 1.53. The quantitative estimate of drug-likeness (QED) is 0.629. The van der Waals surface area contributed by atoms with E-state index >= 15 is 0 Å². The third-order valence-electron chi connectivity index (χ3n) is 5.30. The molecule has 1 saturated heterocycles. The van der Waals surface area contributed by atoms with Gasteiger partial charge in [-0.15, -0.1) is 0 Å². The first-order valence-electron chi connectivity index (χ1n) is 10.3. The summed E-state index contributed by atoms with van der Waals surface area (Å²) in [6.45, 7) is 8.98. The van der Waals surface area contributed by atoms with Crippen molar-refractivity contribution in [2.45, 2.75) is 26.8 Å². The average molecular weight is 444 g/mol. The molecule has 0 spiro atoms. The number of furan rings is 1. The van der Waals surface area contributed by atoms with Crippen molar-refractivity contribution in [3.63, 3.8) is 0 Å². The van der Waals surface area contributed by atoms with E-state index in [-0.39, 0.29) is 17.6 Å². The van der Waals surface area contributed by atoms with E-state index < -0.39 is 0 Å². The zero-order valence-electron chi connectivity index (χ0n) is 17.9. The highest BCUT2D eigenvalue weighted by atomic mass is 35.5. The number of nitrogens with zero attached hydrogens (tertiary/aromatic N) is 4. The van der Waals surface area contributed by atoms with Crippen LogP contribution in [0.4, 0.5) is 0 Å². The molecular formula is C22H26ClN5O3. The monoisotopic (exact) mass is 443 g/mol. The molecule has 1 amide bonds. The van der Waals surface area contributed by atoms with Gasteiger partial charge in [0.15, 0.2) is 5.82 Å². The number of nitrogens with one attached hydrogen (secondary N) is 1. The molecule has 3 aromatic rings. The lowest BCUT2D eigenvalue weighted by Gasteiger charge is -2.33. The predicted octanol–water partition coefficient (Wildman–Crippen LogP) is 3.24. The number of aryl methyl sites for hydroxylation is 3. The van der Waals surface area contributed by atoms with E-state index in [0.29, 0.717) is 30.6 Å². The second kappa shape index (κ2) is 9.21. The predicted molar refractivity (Wildman–Crippen MR) is 117 cm³/mol. The molecule has 9 heteroatoms. The van der Waals surface area contributed by atoms with Gasteiger partial charge < -0.3 is 14.5 Å². The van der Waals surface area contributed by atoms with Crippen molar-refractivity contribution in [2.24, 2.45) is 0 Å². The summed E-state index contributed by atoms with van der Waals surface area (Å²) in [4.78, 5) is 19.7. The van der Waals surface area contributed by atoms with Crippen molar-refractivity contribution in [3.8, 4) is 5.82 Å². The summed E-state index contributed by atoms with van der Waals surface area (Å²) in [7, 11) is 0. The fourth-order valence-corrected chi connectivity index (χ4v) is 3.97. The molecule has 1 aliphatic heterocycles. The molecule has 4 heterocycles.